The van der Waals surface area contributed by atoms with E-state index in [-0.39, 0.29) is 0 Å². The highest BCUT2D eigenvalue weighted by molar-refractivity contribution is 5.40. The molecule has 1 atom stereocenters. The van der Waals surface area contributed by atoms with Crippen LogP contribution in [-0.2, 0) is 0 Å². The number of fused-ring (bicyclic) bond motifs is 1. The molecule has 2 rings (SSSR count). The van der Waals surface area contributed by atoms with Crippen LogP contribution >= 0.6 is 0 Å². The van der Waals surface area contributed by atoms with E-state index in [1.807, 2.05) is 0 Å². The van der Waals surface area contributed by atoms with Gasteiger partial charge < -0.3 is 15.0 Å². The number of nitrogens with zero attached hydrogens (tertiary/aromatic N) is 1. The zero-order valence-corrected chi connectivity index (χ0v) is 12.4. The molecule has 106 valence electrons. The third-order valence-corrected chi connectivity index (χ3v) is 3.92. The van der Waals surface area contributed by atoms with Gasteiger partial charge in [-0.25, -0.2) is 0 Å². The van der Waals surface area contributed by atoms with Crippen LogP contribution in [0.1, 0.15) is 37.4 Å². The van der Waals surface area contributed by atoms with Gasteiger partial charge in [0, 0.05) is 31.1 Å². The van der Waals surface area contributed by atoms with E-state index in [4.69, 9.17) is 4.74 Å². The van der Waals surface area contributed by atoms with Crippen LogP contribution in [0.3, 0.4) is 0 Å². The molecule has 0 saturated carbocycles. The molecule has 0 bridgehead atoms. The smallest absolute Gasteiger partial charge is 0.124 e. The Bertz CT molecular complexity index is 402. The molecule has 0 saturated heterocycles. The second-order valence-electron chi connectivity index (χ2n) is 5.21. The molecule has 1 aromatic carbocycles. The van der Waals surface area contributed by atoms with Crippen molar-refractivity contribution < 1.29 is 4.74 Å². The minimum Gasteiger partial charge on any atom is -0.493 e. The average molecular weight is 262 g/mol. The fourth-order valence-corrected chi connectivity index (χ4v) is 2.66. The number of hydrogen-bond acceptors (Lipinski definition) is 3. The van der Waals surface area contributed by atoms with Gasteiger partial charge in [-0.05, 0) is 26.1 Å². The summed E-state index contributed by atoms with van der Waals surface area (Å²) in [4.78, 5) is 2.45. The van der Waals surface area contributed by atoms with Crippen molar-refractivity contribution in [1.82, 2.24) is 10.2 Å². The van der Waals surface area contributed by atoms with Crippen LogP contribution in [0.4, 0.5) is 0 Å². The molecule has 1 unspecified atom stereocenters. The molecule has 1 aromatic rings. The Kier molecular flexibility index (Phi) is 5.23. The Balaban J connectivity index is 1.94. The van der Waals surface area contributed by atoms with Gasteiger partial charge in [0.1, 0.15) is 5.75 Å². The molecule has 0 radical (unpaired) electrons. The van der Waals surface area contributed by atoms with E-state index in [0.29, 0.717) is 6.04 Å². The highest BCUT2D eigenvalue weighted by Gasteiger charge is 2.20. The molecule has 3 nitrogen and oxygen atoms in total. The predicted molar refractivity (Wildman–Crippen MR) is 79.8 cm³/mol. The number of ether oxygens (including phenoxy) is 1. The predicted octanol–water partition coefficient (Wildman–Crippen LogP) is 2.75. The van der Waals surface area contributed by atoms with Crippen molar-refractivity contribution in [3.8, 4) is 5.75 Å². The van der Waals surface area contributed by atoms with Crippen molar-refractivity contribution in [2.45, 2.75) is 33.2 Å². The monoisotopic (exact) mass is 262 g/mol. The van der Waals surface area contributed by atoms with Gasteiger partial charge >= 0.3 is 0 Å². The standard InChI is InChI=1S/C16H26N2O/c1-4-18(5-2)10-9-17-15-8-11-19-16-7-6-13(3)12-14(15)16/h6-7,12,15,17H,4-5,8-11H2,1-3H3. The topological polar surface area (TPSA) is 24.5 Å². The Morgan fingerprint density at radius 2 is 2.11 bits per heavy atom. The lowest BCUT2D eigenvalue weighted by Crippen LogP contribution is -2.35. The molecule has 1 aliphatic rings. The minimum atomic E-state index is 0.444. The Morgan fingerprint density at radius 1 is 1.32 bits per heavy atom. The van der Waals surface area contributed by atoms with Gasteiger partial charge in [-0.3, -0.25) is 0 Å². The summed E-state index contributed by atoms with van der Waals surface area (Å²) < 4.78 is 5.73. The van der Waals surface area contributed by atoms with Gasteiger partial charge in [0.15, 0.2) is 0 Å². The van der Waals surface area contributed by atoms with E-state index >= 15 is 0 Å². The zero-order valence-electron chi connectivity index (χ0n) is 12.4. The van der Waals surface area contributed by atoms with E-state index in [1.165, 1.54) is 11.1 Å². The molecule has 3 heteroatoms. The normalized spacial score (nSPS) is 18.2. The van der Waals surface area contributed by atoms with Crippen LogP contribution in [0.25, 0.3) is 0 Å². The van der Waals surface area contributed by atoms with Crippen molar-refractivity contribution >= 4 is 0 Å². The quantitative estimate of drug-likeness (QED) is 0.853. The van der Waals surface area contributed by atoms with Crippen LogP contribution < -0.4 is 10.1 Å². The summed E-state index contributed by atoms with van der Waals surface area (Å²) in [5.74, 6) is 1.05. The van der Waals surface area contributed by atoms with Crippen LogP contribution in [0, 0.1) is 6.92 Å². The van der Waals surface area contributed by atoms with Gasteiger partial charge in [-0.2, -0.15) is 0 Å². The lowest BCUT2D eigenvalue weighted by atomic mass is 9.98. The Hall–Kier alpha value is -1.06. The first-order valence-electron chi connectivity index (χ1n) is 7.43. The zero-order chi connectivity index (χ0) is 13.7. The van der Waals surface area contributed by atoms with Crippen molar-refractivity contribution in [2.75, 3.05) is 32.8 Å². The van der Waals surface area contributed by atoms with Gasteiger partial charge in [-0.15, -0.1) is 0 Å². The number of aryl methyl sites for hydroxylation is 1. The van der Waals surface area contributed by atoms with Gasteiger partial charge in [0.2, 0.25) is 0 Å². The van der Waals surface area contributed by atoms with E-state index < -0.39 is 0 Å². The lowest BCUT2D eigenvalue weighted by molar-refractivity contribution is 0.243. The molecule has 0 aliphatic carbocycles. The first kappa shape index (κ1) is 14.4. The van der Waals surface area contributed by atoms with E-state index in [9.17, 15) is 0 Å². The van der Waals surface area contributed by atoms with Crippen LogP contribution in [0.15, 0.2) is 18.2 Å². The van der Waals surface area contributed by atoms with Crippen molar-refractivity contribution in [3.05, 3.63) is 29.3 Å². The second-order valence-corrected chi connectivity index (χ2v) is 5.21. The van der Waals surface area contributed by atoms with E-state index in [2.05, 4.69) is 49.2 Å². The molecule has 1 aliphatic heterocycles. The number of benzene rings is 1. The molecule has 0 fully saturated rings. The first-order valence-corrected chi connectivity index (χ1v) is 7.43. The fourth-order valence-electron chi connectivity index (χ4n) is 2.66. The summed E-state index contributed by atoms with van der Waals surface area (Å²) in [6.45, 7) is 11.8. The molecule has 0 amide bonds. The number of nitrogens with one attached hydrogen (secondary N) is 1. The average Bonchev–Trinajstić information content (AvgIpc) is 2.44. The molecule has 1 N–H and O–H groups in total. The molecule has 19 heavy (non-hydrogen) atoms. The Labute approximate surface area is 116 Å². The highest BCUT2D eigenvalue weighted by Crippen LogP contribution is 2.32. The molecule has 0 aromatic heterocycles. The van der Waals surface area contributed by atoms with Crippen molar-refractivity contribution in [2.24, 2.45) is 0 Å². The number of likely N-dealkylation sites (N-methyl/N-ethyl adjacent to an activating group) is 1. The second kappa shape index (κ2) is 6.92. The van der Waals surface area contributed by atoms with Crippen molar-refractivity contribution in [1.29, 1.82) is 0 Å². The highest BCUT2D eigenvalue weighted by atomic mass is 16.5. The Morgan fingerprint density at radius 3 is 2.84 bits per heavy atom. The summed E-state index contributed by atoms with van der Waals surface area (Å²) in [7, 11) is 0. The summed E-state index contributed by atoms with van der Waals surface area (Å²) in [6, 6.07) is 6.92. The summed E-state index contributed by atoms with van der Waals surface area (Å²) in [5, 5.41) is 3.68. The van der Waals surface area contributed by atoms with Crippen LogP contribution in [0.5, 0.6) is 5.75 Å². The SMILES string of the molecule is CCN(CC)CCNC1CCOc2ccc(C)cc21. The van der Waals surface area contributed by atoms with Gasteiger partial charge in [0.25, 0.3) is 0 Å². The number of hydrogen-bond donors (Lipinski definition) is 1. The first-order chi connectivity index (χ1) is 9.24. The number of rotatable bonds is 6. The van der Waals surface area contributed by atoms with E-state index in [1.54, 1.807) is 0 Å². The summed E-state index contributed by atoms with van der Waals surface area (Å²) >= 11 is 0. The maximum atomic E-state index is 5.73. The molecule has 0 spiro atoms. The van der Waals surface area contributed by atoms with Crippen LogP contribution in [-0.4, -0.2) is 37.7 Å². The molecule has 1 heterocycles. The van der Waals surface area contributed by atoms with Gasteiger partial charge in [-0.1, -0.05) is 31.5 Å². The van der Waals surface area contributed by atoms with Crippen molar-refractivity contribution in [3.63, 3.8) is 0 Å². The maximum absolute atomic E-state index is 5.73. The third-order valence-electron chi connectivity index (χ3n) is 3.92. The van der Waals surface area contributed by atoms with E-state index in [0.717, 1.165) is 45.0 Å². The minimum absolute atomic E-state index is 0.444. The molecular formula is C16H26N2O. The maximum Gasteiger partial charge on any atom is 0.124 e. The van der Waals surface area contributed by atoms with Gasteiger partial charge in [0.05, 0.1) is 6.61 Å². The molecular weight excluding hydrogens is 236 g/mol. The summed E-state index contributed by atoms with van der Waals surface area (Å²) in [6.07, 6.45) is 1.06. The fraction of sp³-hybridized carbons (Fsp3) is 0.625. The third kappa shape index (κ3) is 3.71. The summed E-state index contributed by atoms with van der Waals surface area (Å²) in [5.41, 5.74) is 2.63. The van der Waals surface area contributed by atoms with Crippen LogP contribution in [0.2, 0.25) is 0 Å². The largest absolute Gasteiger partial charge is 0.493 e. The lowest BCUT2D eigenvalue weighted by Gasteiger charge is -2.28.